The molecule has 0 saturated heterocycles. The van der Waals surface area contributed by atoms with E-state index in [1.807, 2.05) is 0 Å². The monoisotopic (exact) mass is 539 g/mol. The Kier molecular flexibility index (Phi) is 8.66. The Morgan fingerprint density at radius 2 is 1.83 bits per heavy atom. The van der Waals surface area contributed by atoms with Gasteiger partial charge in [-0.2, -0.15) is 0 Å². The molecule has 6 nitrogen and oxygen atoms in total. The molecule has 2 rings (SSSR count). The number of carbonyl (C=O) groups excluding carboxylic acids is 1. The van der Waals surface area contributed by atoms with Gasteiger partial charge >= 0.3 is 0 Å². The van der Waals surface area contributed by atoms with Crippen LogP contribution in [0.4, 0.5) is 5.69 Å². The van der Waals surface area contributed by atoms with Crippen molar-refractivity contribution in [2.24, 2.45) is 0 Å². The summed E-state index contributed by atoms with van der Waals surface area (Å²) in [4.78, 5) is 12.5. The Hall–Kier alpha value is -1.45. The molecule has 156 valence electrons. The lowest BCUT2D eigenvalue weighted by Crippen LogP contribution is -2.56. The highest BCUT2D eigenvalue weighted by molar-refractivity contribution is 9.10. The van der Waals surface area contributed by atoms with Crippen LogP contribution in [0.25, 0.3) is 0 Å². The lowest BCUT2D eigenvalue weighted by molar-refractivity contribution is 0.0934. The van der Waals surface area contributed by atoms with E-state index in [0.717, 1.165) is 4.47 Å². The Bertz CT molecular complexity index is 896. The van der Waals surface area contributed by atoms with Crippen LogP contribution in [-0.4, -0.2) is 35.2 Å². The molecule has 0 aliphatic carbocycles. The number of rotatable bonds is 6. The zero-order valence-electron chi connectivity index (χ0n) is 15.3. The van der Waals surface area contributed by atoms with Crippen LogP contribution in [0.3, 0.4) is 0 Å². The van der Waals surface area contributed by atoms with Gasteiger partial charge in [-0.1, -0.05) is 56.8 Å². The highest BCUT2D eigenvalue weighted by Crippen LogP contribution is 2.31. The third-order valence-electron chi connectivity index (χ3n) is 3.62. The number of hydrogen-bond donors (Lipinski definition) is 3. The van der Waals surface area contributed by atoms with E-state index in [4.69, 9.17) is 56.5 Å². The predicted octanol–water partition coefficient (Wildman–Crippen LogP) is 4.88. The first-order valence-electron chi connectivity index (χ1n) is 8.06. The van der Waals surface area contributed by atoms with Crippen molar-refractivity contribution in [1.29, 1.82) is 0 Å². The Morgan fingerprint density at radius 1 is 1.10 bits per heavy atom. The molecule has 11 heteroatoms. The minimum atomic E-state index is -1.88. The molecule has 1 amide bonds. The van der Waals surface area contributed by atoms with E-state index < -0.39 is 15.9 Å². The zero-order chi connectivity index (χ0) is 21.6. The van der Waals surface area contributed by atoms with Gasteiger partial charge in [0.2, 0.25) is 3.79 Å². The average Bonchev–Trinajstić information content (AvgIpc) is 2.66. The number of alkyl halides is 3. The number of nitrogens with one attached hydrogen (secondary N) is 3. The number of anilines is 1. The normalized spacial score (nSPS) is 11.9. The molecule has 2 aromatic carbocycles. The summed E-state index contributed by atoms with van der Waals surface area (Å²) in [7, 11) is 3.06. The maximum absolute atomic E-state index is 12.5. The van der Waals surface area contributed by atoms with Crippen LogP contribution < -0.4 is 25.4 Å². The van der Waals surface area contributed by atoms with E-state index in [-0.39, 0.29) is 5.11 Å². The lowest BCUT2D eigenvalue weighted by Gasteiger charge is -2.28. The second-order valence-corrected chi connectivity index (χ2v) is 9.32. The fraction of sp³-hybridized carbons (Fsp3) is 0.222. The molecule has 0 bridgehead atoms. The second-order valence-electron chi connectivity index (χ2n) is 5.62. The zero-order valence-corrected chi connectivity index (χ0v) is 19.9. The molecule has 0 aliphatic rings. The summed E-state index contributed by atoms with van der Waals surface area (Å²) in [6.45, 7) is 0. The molecule has 0 saturated carbocycles. The van der Waals surface area contributed by atoms with Crippen LogP contribution in [0.2, 0.25) is 0 Å². The van der Waals surface area contributed by atoms with Gasteiger partial charge in [-0.3, -0.25) is 4.79 Å². The Labute approximate surface area is 197 Å². The smallest absolute Gasteiger partial charge is 0.253 e. The molecule has 1 atom stereocenters. The van der Waals surface area contributed by atoms with Crippen molar-refractivity contribution in [3.05, 3.63) is 52.5 Å². The third-order valence-corrected chi connectivity index (χ3v) is 4.99. The summed E-state index contributed by atoms with van der Waals surface area (Å²) in [5.74, 6) is 0.674. The van der Waals surface area contributed by atoms with Gasteiger partial charge in [-0.25, -0.2) is 0 Å². The van der Waals surface area contributed by atoms with Crippen LogP contribution >= 0.6 is 63.0 Å². The van der Waals surface area contributed by atoms with Crippen LogP contribution in [0.5, 0.6) is 11.5 Å². The van der Waals surface area contributed by atoms with Gasteiger partial charge in [0.25, 0.3) is 5.91 Å². The van der Waals surface area contributed by atoms with E-state index in [2.05, 4.69) is 31.9 Å². The fourth-order valence-corrected chi connectivity index (χ4v) is 3.20. The Morgan fingerprint density at radius 3 is 2.41 bits per heavy atom. The first-order valence-corrected chi connectivity index (χ1v) is 10.4. The number of halogens is 4. The maximum atomic E-state index is 12.5. The van der Waals surface area contributed by atoms with Crippen LogP contribution in [-0.2, 0) is 0 Å². The van der Waals surface area contributed by atoms with E-state index in [1.54, 1.807) is 49.6 Å². The van der Waals surface area contributed by atoms with Gasteiger partial charge in [0.1, 0.15) is 17.7 Å². The number of carbonyl (C=O) groups is 1. The Balaban J connectivity index is 2.14. The molecule has 0 radical (unpaired) electrons. The van der Waals surface area contributed by atoms with Gasteiger partial charge < -0.3 is 25.4 Å². The fourth-order valence-electron chi connectivity index (χ4n) is 2.25. The van der Waals surface area contributed by atoms with E-state index in [9.17, 15) is 4.79 Å². The summed E-state index contributed by atoms with van der Waals surface area (Å²) < 4.78 is 9.35. The molecule has 0 fully saturated rings. The largest absolute Gasteiger partial charge is 0.497 e. The van der Waals surface area contributed by atoms with Gasteiger partial charge in [0.15, 0.2) is 5.11 Å². The second kappa shape index (κ2) is 10.5. The highest BCUT2D eigenvalue weighted by Gasteiger charge is 2.35. The van der Waals surface area contributed by atoms with Gasteiger partial charge in [0.05, 0.1) is 19.9 Å². The molecule has 1 unspecified atom stereocenters. The average molecular weight is 542 g/mol. The van der Waals surface area contributed by atoms with Crippen molar-refractivity contribution in [1.82, 2.24) is 10.6 Å². The van der Waals surface area contributed by atoms with Crippen LogP contribution in [0.15, 0.2) is 46.9 Å². The number of methoxy groups -OCH3 is 2. The van der Waals surface area contributed by atoms with Gasteiger partial charge in [-0.15, -0.1) is 0 Å². The first kappa shape index (κ1) is 23.8. The standard InChI is InChI=1S/C18H17BrCl3N3O3S/c1-27-12-6-7-14(28-2)13(9-12)23-17(29)25-16(18(20,21)22)24-15(26)10-4-3-5-11(19)8-10/h3-9,16H,1-2H3,(H,24,26)(H2,23,25,29). The van der Waals surface area contributed by atoms with Crippen molar-refractivity contribution in [2.75, 3.05) is 19.5 Å². The van der Waals surface area contributed by atoms with Crippen molar-refractivity contribution >= 4 is 79.7 Å². The van der Waals surface area contributed by atoms with Crippen molar-refractivity contribution in [3.63, 3.8) is 0 Å². The van der Waals surface area contributed by atoms with Crippen molar-refractivity contribution < 1.29 is 14.3 Å². The molecule has 29 heavy (non-hydrogen) atoms. The molecule has 0 spiro atoms. The summed E-state index contributed by atoms with van der Waals surface area (Å²) >= 11 is 26.7. The SMILES string of the molecule is COc1ccc(OC)c(NC(=S)NC(NC(=O)c2cccc(Br)c2)C(Cl)(Cl)Cl)c1. The number of benzene rings is 2. The lowest BCUT2D eigenvalue weighted by atomic mass is 10.2. The minimum absolute atomic E-state index is 0.0995. The van der Waals surface area contributed by atoms with E-state index in [0.29, 0.717) is 22.7 Å². The minimum Gasteiger partial charge on any atom is -0.497 e. The molecule has 0 heterocycles. The van der Waals surface area contributed by atoms with Crippen LogP contribution in [0, 0.1) is 0 Å². The summed E-state index contributed by atoms with van der Waals surface area (Å²) in [6, 6.07) is 11.9. The number of thiocarbonyl (C=S) groups is 1. The molecule has 2 aromatic rings. The summed E-state index contributed by atoms with van der Waals surface area (Å²) in [5, 5.41) is 8.45. The number of hydrogen-bond acceptors (Lipinski definition) is 4. The summed E-state index contributed by atoms with van der Waals surface area (Å²) in [6.07, 6.45) is -1.12. The summed E-state index contributed by atoms with van der Waals surface area (Å²) in [5.41, 5.74) is 0.916. The van der Waals surface area contributed by atoms with E-state index in [1.165, 1.54) is 7.11 Å². The van der Waals surface area contributed by atoms with Gasteiger partial charge in [-0.05, 0) is 42.5 Å². The predicted molar refractivity (Wildman–Crippen MR) is 125 cm³/mol. The van der Waals surface area contributed by atoms with Crippen molar-refractivity contribution in [3.8, 4) is 11.5 Å². The van der Waals surface area contributed by atoms with Gasteiger partial charge in [0, 0.05) is 16.1 Å². The quantitative estimate of drug-likeness (QED) is 0.275. The molecule has 3 N–H and O–H groups in total. The number of amides is 1. The topological polar surface area (TPSA) is 71.6 Å². The third kappa shape index (κ3) is 7.08. The highest BCUT2D eigenvalue weighted by atomic mass is 79.9. The van der Waals surface area contributed by atoms with Crippen molar-refractivity contribution in [2.45, 2.75) is 9.96 Å². The number of ether oxygens (including phenoxy) is 2. The van der Waals surface area contributed by atoms with Crippen LogP contribution in [0.1, 0.15) is 10.4 Å². The maximum Gasteiger partial charge on any atom is 0.253 e. The first-order chi connectivity index (χ1) is 13.6. The molecule has 0 aromatic heterocycles. The molecular weight excluding hydrogens is 525 g/mol. The molecular formula is C18H17BrCl3N3O3S. The molecule has 0 aliphatic heterocycles. The van der Waals surface area contributed by atoms with E-state index >= 15 is 0 Å².